The molecule has 16 heavy (non-hydrogen) atoms. The van der Waals surface area contributed by atoms with Crippen LogP contribution in [0.1, 0.15) is 19.8 Å². The second-order valence-electron chi connectivity index (χ2n) is 4.69. The molecule has 0 bridgehead atoms. The highest BCUT2D eigenvalue weighted by Gasteiger charge is 2.27. The van der Waals surface area contributed by atoms with Crippen LogP contribution in [-0.2, 0) is 0 Å². The fraction of sp³-hybridized carbons (Fsp3) is 0.357. The molecule has 1 fully saturated rings. The van der Waals surface area contributed by atoms with E-state index in [1.54, 1.807) is 0 Å². The maximum absolute atomic E-state index is 4.45. The quantitative estimate of drug-likeness (QED) is 0.843. The van der Waals surface area contributed by atoms with E-state index in [-0.39, 0.29) is 0 Å². The number of hydrogen-bond acceptors (Lipinski definition) is 2. The molecule has 1 aromatic carbocycles. The number of aromatic nitrogens is 1. The Labute approximate surface area is 95.7 Å². The van der Waals surface area contributed by atoms with Crippen molar-refractivity contribution in [3.05, 3.63) is 36.5 Å². The van der Waals surface area contributed by atoms with E-state index in [1.165, 1.54) is 18.2 Å². The second kappa shape index (κ2) is 3.78. The van der Waals surface area contributed by atoms with E-state index in [4.69, 9.17) is 0 Å². The van der Waals surface area contributed by atoms with Gasteiger partial charge in [-0.2, -0.15) is 0 Å². The van der Waals surface area contributed by atoms with Crippen LogP contribution >= 0.6 is 0 Å². The molecular weight excluding hydrogens is 196 g/mol. The molecule has 82 valence electrons. The van der Waals surface area contributed by atoms with Gasteiger partial charge in [-0.1, -0.05) is 18.2 Å². The zero-order valence-electron chi connectivity index (χ0n) is 9.48. The van der Waals surface area contributed by atoms with Crippen molar-refractivity contribution in [2.45, 2.75) is 25.8 Å². The van der Waals surface area contributed by atoms with Gasteiger partial charge in [0.05, 0.1) is 17.4 Å². The lowest BCUT2D eigenvalue weighted by Crippen LogP contribution is -2.17. The van der Waals surface area contributed by atoms with Gasteiger partial charge in [0, 0.05) is 11.4 Å². The van der Waals surface area contributed by atoms with E-state index in [0.29, 0.717) is 6.04 Å². The average Bonchev–Trinajstić information content (AvgIpc) is 3.12. The number of rotatable bonds is 3. The number of anilines is 1. The molecule has 2 heteroatoms. The number of benzene rings is 1. The van der Waals surface area contributed by atoms with Crippen molar-refractivity contribution in [1.29, 1.82) is 0 Å². The van der Waals surface area contributed by atoms with Crippen molar-refractivity contribution in [3.8, 4) is 0 Å². The second-order valence-corrected chi connectivity index (χ2v) is 4.69. The first-order valence-electron chi connectivity index (χ1n) is 5.94. The summed E-state index contributed by atoms with van der Waals surface area (Å²) in [5.41, 5.74) is 2.20. The Morgan fingerprint density at radius 1 is 1.31 bits per heavy atom. The van der Waals surface area contributed by atoms with E-state index in [2.05, 4.69) is 35.4 Å². The van der Waals surface area contributed by atoms with Crippen molar-refractivity contribution >= 4 is 16.6 Å². The first-order chi connectivity index (χ1) is 7.83. The predicted molar refractivity (Wildman–Crippen MR) is 67.6 cm³/mol. The van der Waals surface area contributed by atoms with Crippen molar-refractivity contribution < 1.29 is 0 Å². The molecule has 2 nitrogen and oxygen atoms in total. The number of nitrogens with one attached hydrogen (secondary N) is 1. The van der Waals surface area contributed by atoms with Crippen molar-refractivity contribution in [2.24, 2.45) is 5.92 Å². The lowest BCUT2D eigenvalue weighted by molar-refractivity contribution is 0.694. The zero-order chi connectivity index (χ0) is 11.0. The van der Waals surface area contributed by atoms with E-state index < -0.39 is 0 Å². The SMILES string of the molecule is CC(Nc1cnc2ccccc2c1)C1CC1. The van der Waals surface area contributed by atoms with Crippen LogP contribution in [0.25, 0.3) is 10.9 Å². The Kier molecular flexibility index (Phi) is 2.28. The third-order valence-electron chi connectivity index (χ3n) is 3.31. The fourth-order valence-electron chi connectivity index (χ4n) is 2.13. The molecule has 1 unspecified atom stereocenters. The van der Waals surface area contributed by atoms with Crippen LogP contribution in [0.15, 0.2) is 36.5 Å². The Morgan fingerprint density at radius 2 is 2.12 bits per heavy atom. The van der Waals surface area contributed by atoms with Crippen LogP contribution in [-0.4, -0.2) is 11.0 Å². The Bertz CT molecular complexity index is 503. The van der Waals surface area contributed by atoms with Gasteiger partial charge in [-0.3, -0.25) is 4.98 Å². The topological polar surface area (TPSA) is 24.9 Å². The molecule has 1 saturated carbocycles. The fourth-order valence-corrected chi connectivity index (χ4v) is 2.13. The minimum Gasteiger partial charge on any atom is -0.381 e. The van der Waals surface area contributed by atoms with Gasteiger partial charge in [0.25, 0.3) is 0 Å². The number of pyridine rings is 1. The number of nitrogens with zero attached hydrogens (tertiary/aromatic N) is 1. The molecule has 1 N–H and O–H groups in total. The molecule has 0 aliphatic heterocycles. The molecule has 1 aliphatic carbocycles. The number of hydrogen-bond donors (Lipinski definition) is 1. The molecule has 0 amide bonds. The third-order valence-corrected chi connectivity index (χ3v) is 3.31. The molecule has 0 saturated heterocycles. The highest BCUT2D eigenvalue weighted by Crippen LogP contribution is 2.34. The molecule has 2 aromatic rings. The standard InChI is InChI=1S/C14H16N2/c1-10(11-6-7-11)16-13-8-12-4-2-3-5-14(12)15-9-13/h2-5,8-11,16H,6-7H2,1H3. The normalized spacial score (nSPS) is 17.3. The minimum absolute atomic E-state index is 0.572. The van der Waals surface area contributed by atoms with Gasteiger partial charge < -0.3 is 5.32 Å². The van der Waals surface area contributed by atoms with Crippen LogP contribution in [0.5, 0.6) is 0 Å². The van der Waals surface area contributed by atoms with E-state index in [1.807, 2.05) is 18.3 Å². The number of para-hydroxylation sites is 1. The first kappa shape index (κ1) is 9.64. The molecule has 1 aromatic heterocycles. The summed E-state index contributed by atoms with van der Waals surface area (Å²) >= 11 is 0. The Hall–Kier alpha value is -1.57. The van der Waals surface area contributed by atoms with Gasteiger partial charge in [0.1, 0.15) is 0 Å². The summed E-state index contributed by atoms with van der Waals surface area (Å²) in [5.74, 6) is 0.867. The predicted octanol–water partition coefficient (Wildman–Crippen LogP) is 3.45. The Morgan fingerprint density at radius 3 is 2.94 bits per heavy atom. The van der Waals surface area contributed by atoms with E-state index in [0.717, 1.165) is 17.1 Å². The highest BCUT2D eigenvalue weighted by atomic mass is 14.9. The third kappa shape index (κ3) is 1.87. The van der Waals surface area contributed by atoms with Gasteiger partial charge in [0.15, 0.2) is 0 Å². The monoisotopic (exact) mass is 212 g/mol. The molecule has 1 aliphatic rings. The lowest BCUT2D eigenvalue weighted by atomic mass is 10.2. The van der Waals surface area contributed by atoms with Crippen LogP contribution < -0.4 is 5.32 Å². The highest BCUT2D eigenvalue weighted by molar-refractivity contribution is 5.81. The van der Waals surface area contributed by atoms with Crippen LogP contribution in [0.2, 0.25) is 0 Å². The van der Waals surface area contributed by atoms with Gasteiger partial charge in [-0.05, 0) is 37.8 Å². The van der Waals surface area contributed by atoms with Gasteiger partial charge >= 0.3 is 0 Å². The lowest BCUT2D eigenvalue weighted by Gasteiger charge is -2.14. The maximum Gasteiger partial charge on any atom is 0.0703 e. The summed E-state index contributed by atoms with van der Waals surface area (Å²) < 4.78 is 0. The molecule has 0 radical (unpaired) electrons. The van der Waals surface area contributed by atoms with E-state index >= 15 is 0 Å². The van der Waals surface area contributed by atoms with E-state index in [9.17, 15) is 0 Å². The van der Waals surface area contributed by atoms with Crippen molar-refractivity contribution in [1.82, 2.24) is 4.98 Å². The molecular formula is C14H16N2. The zero-order valence-corrected chi connectivity index (χ0v) is 9.48. The van der Waals surface area contributed by atoms with Crippen molar-refractivity contribution in [3.63, 3.8) is 0 Å². The maximum atomic E-state index is 4.45. The summed E-state index contributed by atoms with van der Waals surface area (Å²) in [6.07, 6.45) is 4.67. The smallest absolute Gasteiger partial charge is 0.0703 e. The first-order valence-corrected chi connectivity index (χ1v) is 5.94. The molecule has 3 rings (SSSR count). The summed E-state index contributed by atoms with van der Waals surface area (Å²) in [6.45, 7) is 2.26. The summed E-state index contributed by atoms with van der Waals surface area (Å²) in [4.78, 5) is 4.45. The van der Waals surface area contributed by atoms with Gasteiger partial charge in [0.2, 0.25) is 0 Å². The average molecular weight is 212 g/mol. The molecule has 1 heterocycles. The largest absolute Gasteiger partial charge is 0.381 e. The Balaban J connectivity index is 1.86. The number of fused-ring (bicyclic) bond motifs is 1. The van der Waals surface area contributed by atoms with Crippen LogP contribution in [0.3, 0.4) is 0 Å². The van der Waals surface area contributed by atoms with Crippen LogP contribution in [0.4, 0.5) is 5.69 Å². The summed E-state index contributed by atoms with van der Waals surface area (Å²) in [7, 11) is 0. The minimum atomic E-state index is 0.572. The van der Waals surface area contributed by atoms with Gasteiger partial charge in [-0.25, -0.2) is 0 Å². The van der Waals surface area contributed by atoms with Crippen molar-refractivity contribution in [2.75, 3.05) is 5.32 Å². The van der Waals surface area contributed by atoms with Gasteiger partial charge in [-0.15, -0.1) is 0 Å². The molecule has 1 atom stereocenters. The molecule has 0 spiro atoms. The summed E-state index contributed by atoms with van der Waals surface area (Å²) in [5, 5.41) is 4.74. The summed E-state index contributed by atoms with van der Waals surface area (Å²) in [6, 6.07) is 11.0. The van der Waals surface area contributed by atoms with Crippen LogP contribution in [0, 0.1) is 5.92 Å².